The number of rotatable bonds is 7. The van der Waals surface area contributed by atoms with Crippen molar-refractivity contribution in [2.75, 3.05) is 32.7 Å². The number of nitrogens with zero attached hydrogens (tertiary/aromatic N) is 3. The van der Waals surface area contributed by atoms with E-state index in [4.69, 9.17) is 0 Å². The van der Waals surface area contributed by atoms with Crippen molar-refractivity contribution in [1.29, 1.82) is 0 Å². The molecule has 0 bridgehead atoms. The van der Waals surface area contributed by atoms with E-state index in [2.05, 4.69) is 62.6 Å². The molecule has 2 aliphatic rings. The summed E-state index contributed by atoms with van der Waals surface area (Å²) in [5.41, 5.74) is 2.32. The Morgan fingerprint density at radius 1 is 1.00 bits per heavy atom. The van der Waals surface area contributed by atoms with Crippen molar-refractivity contribution in [3.8, 4) is 0 Å². The maximum atomic E-state index is 12.5. The molecule has 3 heterocycles. The third kappa shape index (κ3) is 6.49. The van der Waals surface area contributed by atoms with E-state index in [-0.39, 0.29) is 11.8 Å². The van der Waals surface area contributed by atoms with Crippen LogP contribution < -0.4 is 5.32 Å². The quantitative estimate of drug-likeness (QED) is 0.747. The van der Waals surface area contributed by atoms with Crippen LogP contribution in [0.5, 0.6) is 0 Å². The number of benzene rings is 1. The van der Waals surface area contributed by atoms with E-state index >= 15 is 0 Å². The first kappa shape index (κ1) is 21.7. The van der Waals surface area contributed by atoms with Crippen LogP contribution in [0, 0.1) is 5.92 Å². The van der Waals surface area contributed by atoms with Gasteiger partial charge in [0.1, 0.15) is 0 Å². The first-order chi connectivity index (χ1) is 15.3. The summed E-state index contributed by atoms with van der Waals surface area (Å²) in [4.78, 5) is 21.8. The molecule has 5 heteroatoms. The zero-order valence-electron chi connectivity index (χ0n) is 18.3. The lowest BCUT2D eigenvalue weighted by Gasteiger charge is -2.41. The second kappa shape index (κ2) is 11.2. The summed E-state index contributed by atoms with van der Waals surface area (Å²) in [6, 6.07) is 15.1. The van der Waals surface area contributed by atoms with E-state index in [1.807, 2.05) is 18.3 Å². The molecule has 0 atom stereocenters. The highest BCUT2D eigenvalue weighted by Gasteiger charge is 2.30. The summed E-state index contributed by atoms with van der Waals surface area (Å²) in [6.07, 6.45) is 12.5. The van der Waals surface area contributed by atoms with Gasteiger partial charge in [0.2, 0.25) is 5.91 Å². The Morgan fingerprint density at radius 2 is 1.77 bits per heavy atom. The Labute approximate surface area is 186 Å². The van der Waals surface area contributed by atoms with Gasteiger partial charge in [0.15, 0.2) is 0 Å². The molecule has 0 spiro atoms. The van der Waals surface area contributed by atoms with E-state index in [1.54, 1.807) is 6.20 Å². The zero-order valence-corrected chi connectivity index (χ0v) is 18.3. The van der Waals surface area contributed by atoms with Gasteiger partial charge in [-0.2, -0.15) is 0 Å². The van der Waals surface area contributed by atoms with Crippen molar-refractivity contribution in [1.82, 2.24) is 20.1 Å². The summed E-state index contributed by atoms with van der Waals surface area (Å²) in [5.74, 6) is 0.347. The van der Waals surface area contributed by atoms with Gasteiger partial charge in [-0.3, -0.25) is 14.7 Å². The number of amides is 1. The van der Waals surface area contributed by atoms with Gasteiger partial charge in [-0.25, -0.2) is 0 Å². The van der Waals surface area contributed by atoms with Crippen molar-refractivity contribution in [2.45, 2.75) is 38.3 Å². The molecule has 2 saturated heterocycles. The molecule has 1 aromatic heterocycles. The zero-order chi connectivity index (χ0) is 21.3. The number of piperidine rings is 2. The third-order valence-electron chi connectivity index (χ3n) is 6.64. The molecule has 164 valence electrons. The average molecular weight is 419 g/mol. The van der Waals surface area contributed by atoms with Crippen LogP contribution in [-0.2, 0) is 11.3 Å². The van der Waals surface area contributed by atoms with Crippen LogP contribution in [0.15, 0.2) is 60.9 Å². The Bertz CT molecular complexity index is 823. The maximum Gasteiger partial charge on any atom is 0.223 e. The van der Waals surface area contributed by atoms with E-state index in [1.165, 1.54) is 18.4 Å². The number of carbonyl (C=O) groups is 1. The van der Waals surface area contributed by atoms with Crippen molar-refractivity contribution in [3.05, 3.63) is 72.1 Å². The second-order valence-electron chi connectivity index (χ2n) is 8.73. The number of pyridine rings is 1. The summed E-state index contributed by atoms with van der Waals surface area (Å²) < 4.78 is 0. The highest BCUT2D eigenvalue weighted by molar-refractivity contribution is 5.78. The molecule has 2 aliphatic heterocycles. The molecule has 2 fully saturated rings. The first-order valence-electron chi connectivity index (χ1n) is 11.6. The van der Waals surface area contributed by atoms with E-state index in [0.29, 0.717) is 12.6 Å². The van der Waals surface area contributed by atoms with Gasteiger partial charge in [0.05, 0.1) is 0 Å². The molecule has 2 aromatic rings. The molecule has 0 saturated carbocycles. The minimum atomic E-state index is 0.149. The van der Waals surface area contributed by atoms with Crippen LogP contribution >= 0.6 is 0 Å². The monoisotopic (exact) mass is 418 g/mol. The van der Waals surface area contributed by atoms with Gasteiger partial charge in [0.25, 0.3) is 0 Å². The molecule has 31 heavy (non-hydrogen) atoms. The van der Waals surface area contributed by atoms with Crippen LogP contribution in [0.25, 0.3) is 6.08 Å². The highest BCUT2D eigenvalue weighted by Crippen LogP contribution is 2.24. The second-order valence-corrected chi connectivity index (χ2v) is 8.73. The van der Waals surface area contributed by atoms with Crippen LogP contribution in [0.3, 0.4) is 0 Å². The number of hydrogen-bond acceptors (Lipinski definition) is 4. The van der Waals surface area contributed by atoms with Crippen molar-refractivity contribution in [2.24, 2.45) is 5.92 Å². The SMILES string of the molecule is O=C(NCc1cccnc1)C1CCN(C2CCN(C/C=C/c3ccccc3)CC2)CC1. The molecule has 1 amide bonds. The van der Waals surface area contributed by atoms with Crippen molar-refractivity contribution in [3.63, 3.8) is 0 Å². The fourth-order valence-corrected chi connectivity index (χ4v) is 4.73. The largest absolute Gasteiger partial charge is 0.352 e. The topological polar surface area (TPSA) is 48.5 Å². The average Bonchev–Trinajstić information content (AvgIpc) is 2.84. The van der Waals surface area contributed by atoms with E-state index < -0.39 is 0 Å². The molecule has 1 N–H and O–H groups in total. The molecular weight excluding hydrogens is 384 g/mol. The smallest absolute Gasteiger partial charge is 0.223 e. The standard InChI is InChI=1S/C26H34N4O/c31-26(28-21-23-8-4-14-27-20-23)24-10-18-30(19-11-24)25-12-16-29(17-13-25)15-5-9-22-6-2-1-3-7-22/h1-9,14,20,24-25H,10-13,15-19,21H2,(H,28,31)/b9-5+. The van der Waals surface area contributed by atoms with Crippen molar-refractivity contribution < 1.29 is 4.79 Å². The van der Waals surface area contributed by atoms with Crippen LogP contribution in [0.2, 0.25) is 0 Å². The van der Waals surface area contributed by atoms with Crippen molar-refractivity contribution >= 4 is 12.0 Å². The molecule has 1 aromatic carbocycles. The molecule has 5 nitrogen and oxygen atoms in total. The van der Waals surface area contributed by atoms with E-state index in [9.17, 15) is 4.79 Å². The Hall–Kier alpha value is -2.50. The van der Waals surface area contributed by atoms with Crippen LogP contribution in [-0.4, -0.2) is 59.5 Å². The van der Waals surface area contributed by atoms with Gasteiger partial charge < -0.3 is 10.2 Å². The van der Waals surface area contributed by atoms with Crippen LogP contribution in [0.1, 0.15) is 36.8 Å². The number of hydrogen-bond donors (Lipinski definition) is 1. The van der Waals surface area contributed by atoms with Gasteiger partial charge in [-0.15, -0.1) is 0 Å². The lowest BCUT2D eigenvalue weighted by Crippen LogP contribution is -2.49. The Morgan fingerprint density at radius 3 is 2.48 bits per heavy atom. The number of likely N-dealkylation sites (tertiary alicyclic amines) is 2. The van der Waals surface area contributed by atoms with Gasteiger partial charge >= 0.3 is 0 Å². The van der Waals surface area contributed by atoms with Gasteiger partial charge in [-0.05, 0) is 69.1 Å². The third-order valence-corrected chi connectivity index (χ3v) is 6.64. The summed E-state index contributed by atoms with van der Waals surface area (Å²) in [6.45, 7) is 6.02. The molecule has 0 aliphatic carbocycles. The highest BCUT2D eigenvalue weighted by atomic mass is 16.1. The van der Waals surface area contributed by atoms with Crippen LogP contribution in [0.4, 0.5) is 0 Å². The fraction of sp³-hybridized carbons (Fsp3) is 0.462. The predicted molar refractivity (Wildman–Crippen MR) is 125 cm³/mol. The lowest BCUT2D eigenvalue weighted by molar-refractivity contribution is -0.126. The first-order valence-corrected chi connectivity index (χ1v) is 11.6. The fourth-order valence-electron chi connectivity index (χ4n) is 4.73. The molecule has 0 radical (unpaired) electrons. The van der Waals surface area contributed by atoms with E-state index in [0.717, 1.165) is 51.1 Å². The van der Waals surface area contributed by atoms with Gasteiger partial charge in [0, 0.05) is 37.4 Å². The Kier molecular flexibility index (Phi) is 7.86. The Balaban J connectivity index is 1.14. The normalized spacial score (nSPS) is 19.6. The molecule has 0 unspecified atom stereocenters. The summed E-state index contributed by atoms with van der Waals surface area (Å²) in [7, 11) is 0. The van der Waals surface area contributed by atoms with Gasteiger partial charge in [-0.1, -0.05) is 48.6 Å². The maximum absolute atomic E-state index is 12.5. The minimum absolute atomic E-state index is 0.149. The minimum Gasteiger partial charge on any atom is -0.352 e. The number of aromatic nitrogens is 1. The number of nitrogens with one attached hydrogen (secondary N) is 1. The lowest BCUT2D eigenvalue weighted by atomic mass is 9.92. The molecule has 4 rings (SSSR count). The predicted octanol–water partition coefficient (Wildman–Crippen LogP) is 3.59. The summed E-state index contributed by atoms with van der Waals surface area (Å²) >= 11 is 0. The summed E-state index contributed by atoms with van der Waals surface area (Å²) in [5, 5.41) is 3.09. The number of carbonyl (C=O) groups excluding carboxylic acids is 1. The molecular formula is C26H34N4O.